The van der Waals surface area contributed by atoms with Crippen LogP contribution in [0.15, 0.2) is 54.4 Å². The van der Waals surface area contributed by atoms with Gasteiger partial charge in [0.05, 0.1) is 16.2 Å². The summed E-state index contributed by atoms with van der Waals surface area (Å²) in [5, 5.41) is 5.48. The van der Waals surface area contributed by atoms with Gasteiger partial charge in [0.25, 0.3) is 0 Å². The monoisotopic (exact) mass is 366 g/mol. The number of nitrogens with one attached hydrogen (secondary N) is 2. The molecule has 0 saturated carbocycles. The summed E-state index contributed by atoms with van der Waals surface area (Å²) in [5.74, 6) is 0.0836. The van der Waals surface area contributed by atoms with Crippen molar-refractivity contribution in [2.75, 3.05) is 7.05 Å². The number of halogens is 4. The van der Waals surface area contributed by atoms with Gasteiger partial charge in [-0.25, -0.2) is 0 Å². The third-order valence-corrected chi connectivity index (χ3v) is 4.32. The van der Waals surface area contributed by atoms with Gasteiger partial charge in [0.2, 0.25) is 0 Å². The molecule has 1 unspecified atom stereocenters. The molecule has 1 atom stereocenters. The second kappa shape index (κ2) is 6.44. The molecule has 1 aliphatic rings. The summed E-state index contributed by atoms with van der Waals surface area (Å²) in [7, 11) is 1.60. The predicted octanol–water partition coefficient (Wildman–Crippen LogP) is 4.16. The van der Waals surface area contributed by atoms with Gasteiger partial charge < -0.3 is 10.6 Å². The molecule has 130 valence electrons. The Hall–Kier alpha value is -2.47. The number of carbonyl (C=O) groups is 1. The molecule has 0 amide bonds. The minimum absolute atomic E-state index is 0.164. The van der Waals surface area contributed by atoms with Crippen molar-refractivity contribution in [2.45, 2.75) is 12.2 Å². The lowest BCUT2D eigenvalue weighted by molar-refractivity contribution is -0.137. The summed E-state index contributed by atoms with van der Waals surface area (Å²) < 4.78 is 39.4. The van der Waals surface area contributed by atoms with Crippen LogP contribution in [0.2, 0.25) is 5.02 Å². The molecule has 3 nitrogen and oxygen atoms in total. The summed E-state index contributed by atoms with van der Waals surface area (Å²) in [6.45, 7) is 0. The maximum atomic E-state index is 13.1. The molecule has 0 aromatic heterocycles. The van der Waals surface area contributed by atoms with Crippen LogP contribution in [0.3, 0.4) is 0 Å². The summed E-state index contributed by atoms with van der Waals surface area (Å²) in [6.07, 6.45) is -4.60. The lowest BCUT2D eigenvalue weighted by atomic mass is 9.95. The van der Waals surface area contributed by atoms with Crippen LogP contribution in [0.1, 0.15) is 22.7 Å². The predicted molar refractivity (Wildman–Crippen MR) is 89.8 cm³/mol. The van der Waals surface area contributed by atoms with E-state index in [0.717, 1.165) is 17.7 Å². The van der Waals surface area contributed by atoms with Gasteiger partial charge in [0, 0.05) is 7.05 Å². The Balaban J connectivity index is 2.05. The minimum atomic E-state index is -4.60. The molecule has 1 heterocycles. The lowest BCUT2D eigenvalue weighted by Gasteiger charge is -2.12. The fourth-order valence-corrected chi connectivity index (χ4v) is 3.04. The van der Waals surface area contributed by atoms with E-state index < -0.39 is 22.8 Å². The fourth-order valence-electron chi connectivity index (χ4n) is 2.81. The molecule has 3 rings (SSSR count). The van der Waals surface area contributed by atoms with E-state index in [1.165, 1.54) is 6.07 Å². The first-order valence-corrected chi connectivity index (χ1v) is 7.85. The second-order valence-electron chi connectivity index (χ2n) is 5.54. The largest absolute Gasteiger partial charge is 0.417 e. The molecule has 0 radical (unpaired) electrons. The third kappa shape index (κ3) is 3.22. The molecule has 0 saturated heterocycles. The first-order valence-electron chi connectivity index (χ1n) is 7.47. The highest BCUT2D eigenvalue weighted by molar-refractivity contribution is 6.32. The fraction of sp³-hybridized carbons (Fsp3) is 0.167. The van der Waals surface area contributed by atoms with E-state index in [1.54, 1.807) is 31.3 Å². The van der Waals surface area contributed by atoms with E-state index in [9.17, 15) is 18.0 Å². The van der Waals surface area contributed by atoms with Crippen molar-refractivity contribution < 1.29 is 18.0 Å². The summed E-state index contributed by atoms with van der Waals surface area (Å²) in [5.41, 5.74) is 0.112. The lowest BCUT2D eigenvalue weighted by Crippen LogP contribution is -2.24. The molecular formula is C18H14ClF3N2O. The average molecular weight is 367 g/mol. The van der Waals surface area contributed by atoms with E-state index >= 15 is 0 Å². The number of Topliss-reactive ketones (excluding diaryl/α,β-unsaturated/α-hetero) is 1. The summed E-state index contributed by atoms with van der Waals surface area (Å²) in [6, 6.07) is 11.8. The minimum Gasteiger partial charge on any atom is -0.374 e. The van der Waals surface area contributed by atoms with Crippen molar-refractivity contribution in [2.24, 2.45) is 0 Å². The van der Waals surface area contributed by atoms with Gasteiger partial charge >= 0.3 is 6.18 Å². The Morgan fingerprint density at radius 1 is 1.12 bits per heavy atom. The smallest absolute Gasteiger partial charge is 0.374 e. The van der Waals surface area contributed by atoms with Crippen molar-refractivity contribution in [3.63, 3.8) is 0 Å². The van der Waals surface area contributed by atoms with Crippen LogP contribution in [0.5, 0.6) is 0 Å². The SMILES string of the molecule is CNC1=C(c2ccc(Cl)c(C(F)(F)F)c2)C(=O)C(c2ccccc2)N1. The number of ketones is 1. The zero-order chi connectivity index (χ0) is 18.2. The molecule has 0 spiro atoms. The van der Waals surface area contributed by atoms with E-state index in [-0.39, 0.29) is 16.9 Å². The number of alkyl halides is 3. The van der Waals surface area contributed by atoms with Crippen molar-refractivity contribution in [1.29, 1.82) is 0 Å². The normalized spacial score (nSPS) is 17.6. The Morgan fingerprint density at radius 3 is 2.40 bits per heavy atom. The van der Waals surface area contributed by atoms with Gasteiger partial charge in [-0.2, -0.15) is 13.2 Å². The Morgan fingerprint density at radius 2 is 1.80 bits per heavy atom. The molecule has 2 N–H and O–H groups in total. The molecular weight excluding hydrogens is 353 g/mol. The maximum Gasteiger partial charge on any atom is 0.417 e. The van der Waals surface area contributed by atoms with Crippen LogP contribution in [-0.4, -0.2) is 12.8 Å². The van der Waals surface area contributed by atoms with Crippen LogP contribution in [-0.2, 0) is 11.0 Å². The highest BCUT2D eigenvalue weighted by Crippen LogP contribution is 2.38. The number of hydrogen-bond acceptors (Lipinski definition) is 3. The zero-order valence-electron chi connectivity index (χ0n) is 13.1. The molecule has 1 aliphatic heterocycles. The first kappa shape index (κ1) is 17.4. The average Bonchev–Trinajstić information content (AvgIpc) is 2.92. The van der Waals surface area contributed by atoms with Crippen LogP contribution < -0.4 is 10.6 Å². The van der Waals surface area contributed by atoms with Gasteiger partial charge in [0.15, 0.2) is 5.78 Å². The van der Waals surface area contributed by atoms with E-state index in [0.29, 0.717) is 5.82 Å². The molecule has 0 aliphatic carbocycles. The Kier molecular flexibility index (Phi) is 4.47. The van der Waals surface area contributed by atoms with Crippen molar-refractivity contribution in [3.8, 4) is 0 Å². The first-order chi connectivity index (χ1) is 11.8. The molecule has 25 heavy (non-hydrogen) atoms. The van der Waals surface area contributed by atoms with Crippen LogP contribution in [0, 0.1) is 0 Å². The standard InChI is InChI=1S/C18H14ClF3N2O/c1-23-17-14(11-7-8-13(19)12(9-11)18(20,21)22)16(25)15(24-17)10-5-3-2-4-6-10/h2-9,15,23-24H,1H3. The van der Waals surface area contributed by atoms with Crippen molar-refractivity contribution >= 4 is 23.0 Å². The van der Waals surface area contributed by atoms with E-state index in [4.69, 9.17) is 11.6 Å². The molecule has 7 heteroatoms. The van der Waals surface area contributed by atoms with Crippen molar-refractivity contribution in [3.05, 3.63) is 76.1 Å². The topological polar surface area (TPSA) is 41.1 Å². The number of carbonyl (C=O) groups excluding carboxylic acids is 1. The van der Waals surface area contributed by atoms with Gasteiger partial charge in [-0.3, -0.25) is 4.79 Å². The van der Waals surface area contributed by atoms with Gasteiger partial charge in [0.1, 0.15) is 11.9 Å². The maximum absolute atomic E-state index is 13.1. The second-order valence-corrected chi connectivity index (χ2v) is 5.95. The van der Waals surface area contributed by atoms with Crippen LogP contribution >= 0.6 is 11.6 Å². The Bertz CT molecular complexity index is 847. The van der Waals surface area contributed by atoms with Gasteiger partial charge in [-0.1, -0.05) is 48.0 Å². The quantitative estimate of drug-likeness (QED) is 0.857. The number of benzene rings is 2. The Labute approximate surface area is 147 Å². The molecule has 2 aromatic rings. The number of rotatable bonds is 3. The summed E-state index contributed by atoms with van der Waals surface area (Å²) >= 11 is 5.67. The highest BCUT2D eigenvalue weighted by Gasteiger charge is 2.37. The van der Waals surface area contributed by atoms with Crippen LogP contribution in [0.4, 0.5) is 13.2 Å². The zero-order valence-corrected chi connectivity index (χ0v) is 13.9. The van der Waals surface area contributed by atoms with Gasteiger partial charge in [-0.05, 0) is 23.3 Å². The van der Waals surface area contributed by atoms with E-state index in [2.05, 4.69) is 10.6 Å². The van der Waals surface area contributed by atoms with E-state index in [1.807, 2.05) is 6.07 Å². The third-order valence-electron chi connectivity index (χ3n) is 3.99. The molecule has 0 bridgehead atoms. The van der Waals surface area contributed by atoms with Crippen molar-refractivity contribution in [1.82, 2.24) is 10.6 Å². The van der Waals surface area contributed by atoms with Crippen LogP contribution in [0.25, 0.3) is 5.57 Å². The number of hydrogen-bond donors (Lipinski definition) is 2. The van der Waals surface area contributed by atoms with Gasteiger partial charge in [-0.15, -0.1) is 0 Å². The molecule has 2 aromatic carbocycles. The summed E-state index contributed by atoms with van der Waals surface area (Å²) in [4.78, 5) is 12.8. The molecule has 0 fully saturated rings. The highest BCUT2D eigenvalue weighted by atomic mass is 35.5.